The summed E-state index contributed by atoms with van der Waals surface area (Å²) in [7, 11) is 0. The minimum atomic E-state index is -0.172. The van der Waals surface area contributed by atoms with E-state index >= 15 is 0 Å². The normalized spacial score (nSPS) is 10.3. The van der Waals surface area contributed by atoms with Crippen LogP contribution in [0.5, 0.6) is 0 Å². The van der Waals surface area contributed by atoms with E-state index in [-0.39, 0.29) is 6.03 Å². The van der Waals surface area contributed by atoms with Gasteiger partial charge in [0.15, 0.2) is 0 Å². The van der Waals surface area contributed by atoms with Gasteiger partial charge in [-0.25, -0.2) is 4.79 Å². The first-order valence-electron chi connectivity index (χ1n) is 7.25. The number of nitrogens with zero attached hydrogens (tertiary/aromatic N) is 1. The number of nitrogen functional groups attached to an aromatic ring is 1. The molecule has 1 heterocycles. The summed E-state index contributed by atoms with van der Waals surface area (Å²) in [4.78, 5) is 15.5. The lowest BCUT2D eigenvalue weighted by Crippen LogP contribution is -2.36. The molecule has 0 spiro atoms. The van der Waals surface area contributed by atoms with Crippen molar-refractivity contribution < 1.29 is 4.79 Å². The highest BCUT2D eigenvalue weighted by Gasteiger charge is 2.17. The molecule has 0 saturated heterocycles. The van der Waals surface area contributed by atoms with E-state index in [1.807, 2.05) is 60.0 Å². The largest absolute Gasteiger partial charge is 0.399 e. The Morgan fingerprint density at radius 1 is 0.957 bits per heavy atom. The van der Waals surface area contributed by atoms with Gasteiger partial charge in [0.2, 0.25) is 0 Å². The van der Waals surface area contributed by atoms with Crippen LogP contribution in [0.15, 0.2) is 72.1 Å². The summed E-state index contributed by atoms with van der Waals surface area (Å²) in [5, 5.41) is 4.96. The molecular formula is C18H17N3OS. The van der Waals surface area contributed by atoms with Crippen molar-refractivity contribution in [3.8, 4) is 0 Å². The van der Waals surface area contributed by atoms with Gasteiger partial charge in [-0.3, -0.25) is 4.90 Å². The highest BCUT2D eigenvalue weighted by atomic mass is 32.1. The molecule has 23 heavy (non-hydrogen) atoms. The van der Waals surface area contributed by atoms with Gasteiger partial charge in [-0.1, -0.05) is 24.3 Å². The highest BCUT2D eigenvalue weighted by molar-refractivity contribution is 7.09. The van der Waals surface area contributed by atoms with Crippen molar-refractivity contribution in [3.63, 3.8) is 0 Å². The van der Waals surface area contributed by atoms with Crippen molar-refractivity contribution in [1.29, 1.82) is 0 Å². The van der Waals surface area contributed by atoms with Crippen molar-refractivity contribution in [2.75, 3.05) is 10.6 Å². The maximum atomic E-state index is 12.7. The summed E-state index contributed by atoms with van der Waals surface area (Å²) in [5.41, 5.74) is 7.99. The number of nitrogens with one attached hydrogen (secondary N) is 1. The molecule has 1 aromatic heterocycles. The molecule has 4 nitrogen and oxygen atoms in total. The number of hydrogen-bond acceptors (Lipinski definition) is 3. The van der Waals surface area contributed by atoms with E-state index in [1.54, 1.807) is 28.4 Å². The lowest BCUT2D eigenvalue weighted by atomic mass is 10.2. The number of rotatable bonds is 4. The van der Waals surface area contributed by atoms with Gasteiger partial charge >= 0.3 is 6.03 Å². The Balaban J connectivity index is 1.85. The van der Waals surface area contributed by atoms with Crippen molar-refractivity contribution in [2.24, 2.45) is 0 Å². The fourth-order valence-electron chi connectivity index (χ4n) is 2.24. The Morgan fingerprint density at radius 3 is 2.30 bits per heavy atom. The smallest absolute Gasteiger partial charge is 0.326 e. The van der Waals surface area contributed by atoms with Gasteiger partial charge in [-0.05, 0) is 47.8 Å². The second kappa shape index (κ2) is 6.98. The quantitative estimate of drug-likeness (QED) is 0.700. The molecular weight excluding hydrogens is 306 g/mol. The van der Waals surface area contributed by atoms with E-state index in [4.69, 9.17) is 5.73 Å². The third kappa shape index (κ3) is 3.70. The Hall–Kier alpha value is -2.79. The Labute approximate surface area is 139 Å². The second-order valence-electron chi connectivity index (χ2n) is 5.00. The third-order valence-electron chi connectivity index (χ3n) is 3.36. The average Bonchev–Trinajstić information content (AvgIpc) is 3.09. The number of carbonyl (C=O) groups excluding carboxylic acids is 1. The molecule has 3 aromatic rings. The average molecular weight is 323 g/mol. The van der Waals surface area contributed by atoms with E-state index in [2.05, 4.69) is 5.32 Å². The zero-order valence-electron chi connectivity index (χ0n) is 12.5. The number of hydrogen-bond donors (Lipinski definition) is 2. The van der Waals surface area contributed by atoms with Gasteiger partial charge < -0.3 is 11.1 Å². The lowest BCUT2D eigenvalue weighted by Gasteiger charge is -2.23. The standard InChI is InChI=1S/C18H17N3OS/c19-14-8-10-16(11-9-14)21(15-5-2-1-3-6-15)18(22)20-13-17-7-4-12-23-17/h1-12H,13,19H2,(H,20,22). The van der Waals surface area contributed by atoms with E-state index in [0.29, 0.717) is 12.2 Å². The summed E-state index contributed by atoms with van der Waals surface area (Å²) in [6.07, 6.45) is 0. The Kier molecular flexibility index (Phi) is 4.59. The number of anilines is 3. The fraction of sp³-hybridized carbons (Fsp3) is 0.0556. The van der Waals surface area contributed by atoms with Crippen LogP contribution in [0.3, 0.4) is 0 Å². The minimum Gasteiger partial charge on any atom is -0.399 e. The molecule has 0 aliphatic rings. The van der Waals surface area contributed by atoms with E-state index < -0.39 is 0 Å². The first-order chi connectivity index (χ1) is 11.2. The minimum absolute atomic E-state index is 0.172. The SMILES string of the molecule is Nc1ccc(N(C(=O)NCc2cccs2)c2ccccc2)cc1. The van der Waals surface area contributed by atoms with Gasteiger partial charge in [0, 0.05) is 10.6 Å². The van der Waals surface area contributed by atoms with Crippen molar-refractivity contribution in [3.05, 3.63) is 77.0 Å². The van der Waals surface area contributed by atoms with Crippen LogP contribution in [-0.4, -0.2) is 6.03 Å². The molecule has 2 amide bonds. The summed E-state index contributed by atoms with van der Waals surface area (Å²) in [6, 6.07) is 20.6. The molecule has 5 heteroatoms. The van der Waals surface area contributed by atoms with Crippen LogP contribution < -0.4 is 16.0 Å². The maximum Gasteiger partial charge on any atom is 0.326 e. The molecule has 3 N–H and O–H groups in total. The first-order valence-corrected chi connectivity index (χ1v) is 8.13. The van der Waals surface area contributed by atoms with Crippen LogP contribution in [0.25, 0.3) is 0 Å². The number of thiophene rings is 1. The zero-order valence-corrected chi connectivity index (χ0v) is 13.3. The summed E-state index contributed by atoms with van der Waals surface area (Å²) in [6.45, 7) is 0.509. The van der Waals surface area contributed by atoms with Gasteiger partial charge in [0.25, 0.3) is 0 Å². The van der Waals surface area contributed by atoms with Gasteiger partial charge in [0.1, 0.15) is 0 Å². The van der Waals surface area contributed by atoms with Gasteiger partial charge in [-0.2, -0.15) is 0 Å². The second-order valence-corrected chi connectivity index (χ2v) is 6.03. The molecule has 0 radical (unpaired) electrons. The number of para-hydroxylation sites is 1. The van der Waals surface area contributed by atoms with E-state index in [1.165, 1.54) is 0 Å². The topological polar surface area (TPSA) is 58.4 Å². The van der Waals surface area contributed by atoms with E-state index in [0.717, 1.165) is 16.3 Å². The molecule has 116 valence electrons. The molecule has 0 bridgehead atoms. The van der Waals surface area contributed by atoms with Crippen LogP contribution in [-0.2, 0) is 6.54 Å². The number of nitrogens with two attached hydrogens (primary N) is 1. The van der Waals surface area contributed by atoms with Crippen molar-refractivity contribution >= 4 is 34.4 Å². The summed E-state index contributed by atoms with van der Waals surface area (Å²) >= 11 is 1.62. The number of benzene rings is 2. The Bertz CT molecular complexity index is 755. The summed E-state index contributed by atoms with van der Waals surface area (Å²) < 4.78 is 0. The van der Waals surface area contributed by atoms with Gasteiger partial charge in [-0.15, -0.1) is 11.3 Å². The third-order valence-corrected chi connectivity index (χ3v) is 4.24. The molecule has 0 aliphatic carbocycles. The molecule has 0 saturated carbocycles. The Morgan fingerprint density at radius 2 is 1.65 bits per heavy atom. The lowest BCUT2D eigenvalue weighted by molar-refractivity contribution is 0.248. The van der Waals surface area contributed by atoms with Crippen molar-refractivity contribution in [1.82, 2.24) is 5.32 Å². The van der Waals surface area contributed by atoms with E-state index in [9.17, 15) is 4.79 Å². The summed E-state index contributed by atoms with van der Waals surface area (Å²) in [5.74, 6) is 0. The van der Waals surface area contributed by atoms with Gasteiger partial charge in [0.05, 0.1) is 17.9 Å². The van der Waals surface area contributed by atoms with Crippen LogP contribution in [0, 0.1) is 0 Å². The molecule has 0 aliphatic heterocycles. The van der Waals surface area contributed by atoms with Crippen LogP contribution >= 0.6 is 11.3 Å². The number of carbonyl (C=O) groups is 1. The van der Waals surface area contributed by atoms with Crippen molar-refractivity contribution in [2.45, 2.75) is 6.54 Å². The zero-order chi connectivity index (χ0) is 16.1. The number of urea groups is 1. The highest BCUT2D eigenvalue weighted by Crippen LogP contribution is 2.26. The molecule has 3 rings (SSSR count). The predicted molar refractivity (Wildman–Crippen MR) is 96.0 cm³/mol. The number of amides is 2. The molecule has 2 aromatic carbocycles. The monoisotopic (exact) mass is 323 g/mol. The van der Waals surface area contributed by atoms with Crippen LogP contribution in [0.4, 0.5) is 21.9 Å². The molecule has 0 fully saturated rings. The fourth-order valence-corrected chi connectivity index (χ4v) is 2.88. The van der Waals surface area contributed by atoms with Crippen LogP contribution in [0.1, 0.15) is 4.88 Å². The first kappa shape index (κ1) is 15.1. The van der Waals surface area contributed by atoms with Crippen LogP contribution in [0.2, 0.25) is 0 Å². The molecule has 0 unspecified atom stereocenters. The molecule has 0 atom stereocenters. The predicted octanol–water partition coefficient (Wildman–Crippen LogP) is 4.38. The maximum absolute atomic E-state index is 12.7.